The standard InChI is InChI=1S/C8H7F3N2O2S/c9-8(10,11)5(7(14)15)4-16-6-3-12-1-2-13-6/h1-3,5H,4H2,(H,14,15). The molecule has 1 aromatic heterocycles. The first-order valence-electron chi connectivity index (χ1n) is 4.09. The molecule has 0 aromatic carbocycles. The van der Waals surface area contributed by atoms with Crippen molar-refractivity contribution < 1.29 is 23.1 Å². The van der Waals surface area contributed by atoms with Gasteiger partial charge in [-0.15, -0.1) is 11.8 Å². The highest BCUT2D eigenvalue weighted by atomic mass is 32.2. The predicted octanol–water partition coefficient (Wildman–Crippen LogP) is 1.83. The van der Waals surface area contributed by atoms with Gasteiger partial charge in [0.05, 0.1) is 6.20 Å². The maximum atomic E-state index is 12.2. The minimum absolute atomic E-state index is 0.262. The minimum Gasteiger partial charge on any atom is -0.481 e. The number of carbonyl (C=O) groups is 1. The Morgan fingerprint density at radius 3 is 2.62 bits per heavy atom. The first kappa shape index (κ1) is 12.8. The van der Waals surface area contributed by atoms with Gasteiger partial charge >= 0.3 is 12.1 Å². The van der Waals surface area contributed by atoms with E-state index < -0.39 is 23.8 Å². The molecule has 8 heteroatoms. The van der Waals surface area contributed by atoms with E-state index in [4.69, 9.17) is 5.11 Å². The van der Waals surface area contributed by atoms with Gasteiger partial charge in [-0.2, -0.15) is 13.2 Å². The molecule has 1 unspecified atom stereocenters. The van der Waals surface area contributed by atoms with E-state index >= 15 is 0 Å². The van der Waals surface area contributed by atoms with Crippen LogP contribution in [0.4, 0.5) is 13.2 Å². The molecule has 0 fully saturated rings. The minimum atomic E-state index is -4.75. The molecule has 0 aliphatic rings. The van der Waals surface area contributed by atoms with Crippen LogP contribution >= 0.6 is 11.8 Å². The Labute approximate surface area is 92.9 Å². The molecular weight excluding hydrogens is 245 g/mol. The monoisotopic (exact) mass is 252 g/mol. The molecule has 0 saturated carbocycles. The number of nitrogens with zero attached hydrogens (tertiary/aromatic N) is 2. The van der Waals surface area contributed by atoms with Gasteiger partial charge in [0.2, 0.25) is 0 Å². The molecule has 1 N–H and O–H groups in total. The van der Waals surface area contributed by atoms with Crippen LogP contribution in [0.25, 0.3) is 0 Å². The Kier molecular flexibility index (Phi) is 4.11. The third-order valence-corrected chi connectivity index (χ3v) is 2.64. The normalized spacial score (nSPS) is 13.4. The molecule has 1 rings (SSSR count). The summed E-state index contributed by atoms with van der Waals surface area (Å²) in [7, 11) is 0. The van der Waals surface area contributed by atoms with Crippen molar-refractivity contribution in [3.05, 3.63) is 18.6 Å². The van der Waals surface area contributed by atoms with E-state index in [1.165, 1.54) is 18.6 Å². The molecule has 88 valence electrons. The second-order valence-electron chi connectivity index (χ2n) is 2.79. The van der Waals surface area contributed by atoms with Crippen molar-refractivity contribution in [1.82, 2.24) is 9.97 Å². The highest BCUT2D eigenvalue weighted by Gasteiger charge is 2.44. The van der Waals surface area contributed by atoms with E-state index in [1.54, 1.807) is 0 Å². The number of thioether (sulfide) groups is 1. The largest absolute Gasteiger partial charge is 0.481 e. The second kappa shape index (κ2) is 5.15. The summed E-state index contributed by atoms with van der Waals surface area (Å²) in [6.07, 6.45) is -0.769. The zero-order valence-electron chi connectivity index (χ0n) is 7.81. The van der Waals surface area contributed by atoms with Crippen molar-refractivity contribution in [2.45, 2.75) is 11.2 Å². The van der Waals surface area contributed by atoms with Crippen molar-refractivity contribution in [2.24, 2.45) is 5.92 Å². The fourth-order valence-corrected chi connectivity index (χ4v) is 1.77. The molecule has 16 heavy (non-hydrogen) atoms. The number of alkyl halides is 3. The summed E-state index contributed by atoms with van der Waals surface area (Å²) in [5, 5.41) is 8.68. The summed E-state index contributed by atoms with van der Waals surface area (Å²) in [6.45, 7) is 0. The van der Waals surface area contributed by atoms with Gasteiger partial charge in [-0.05, 0) is 0 Å². The lowest BCUT2D eigenvalue weighted by atomic mass is 10.2. The smallest absolute Gasteiger partial charge is 0.403 e. The van der Waals surface area contributed by atoms with Crippen molar-refractivity contribution in [1.29, 1.82) is 0 Å². The highest BCUT2D eigenvalue weighted by molar-refractivity contribution is 7.99. The number of hydrogen-bond donors (Lipinski definition) is 1. The fourth-order valence-electron chi connectivity index (χ4n) is 0.834. The first-order chi connectivity index (χ1) is 7.41. The van der Waals surface area contributed by atoms with Crippen LogP contribution in [-0.4, -0.2) is 33.0 Å². The highest BCUT2D eigenvalue weighted by Crippen LogP contribution is 2.31. The summed E-state index contributed by atoms with van der Waals surface area (Å²) in [6, 6.07) is 0. The van der Waals surface area contributed by atoms with Gasteiger partial charge in [0.1, 0.15) is 5.03 Å². The maximum absolute atomic E-state index is 12.2. The van der Waals surface area contributed by atoms with Gasteiger partial charge in [-0.1, -0.05) is 0 Å². The molecule has 0 saturated heterocycles. The number of aromatic nitrogens is 2. The van der Waals surface area contributed by atoms with Crippen molar-refractivity contribution in [3.63, 3.8) is 0 Å². The number of hydrogen-bond acceptors (Lipinski definition) is 4. The molecule has 4 nitrogen and oxygen atoms in total. The van der Waals surface area contributed by atoms with Gasteiger partial charge < -0.3 is 5.11 Å². The lowest BCUT2D eigenvalue weighted by Gasteiger charge is -2.14. The van der Waals surface area contributed by atoms with Crippen LogP contribution in [0.3, 0.4) is 0 Å². The van der Waals surface area contributed by atoms with Crippen LogP contribution in [0, 0.1) is 5.92 Å². The van der Waals surface area contributed by atoms with E-state index in [1.807, 2.05) is 0 Å². The molecule has 0 bridgehead atoms. The van der Waals surface area contributed by atoms with E-state index in [-0.39, 0.29) is 5.03 Å². The molecule has 1 heterocycles. The van der Waals surface area contributed by atoms with E-state index in [9.17, 15) is 18.0 Å². The van der Waals surface area contributed by atoms with Crippen LogP contribution in [0.1, 0.15) is 0 Å². The molecule has 1 atom stereocenters. The van der Waals surface area contributed by atoms with Gasteiger partial charge in [0.25, 0.3) is 0 Å². The zero-order chi connectivity index (χ0) is 12.2. The molecule has 0 spiro atoms. The topological polar surface area (TPSA) is 63.1 Å². The Morgan fingerprint density at radius 1 is 1.50 bits per heavy atom. The number of carboxylic acids is 1. The number of aliphatic carboxylic acids is 1. The SMILES string of the molecule is O=C(O)C(CSc1cnccn1)C(F)(F)F. The van der Waals surface area contributed by atoms with Crippen molar-refractivity contribution in [3.8, 4) is 0 Å². The first-order valence-corrected chi connectivity index (χ1v) is 5.08. The van der Waals surface area contributed by atoms with E-state index in [2.05, 4.69) is 9.97 Å². The van der Waals surface area contributed by atoms with Crippen molar-refractivity contribution in [2.75, 3.05) is 5.75 Å². The summed E-state index contributed by atoms with van der Waals surface area (Å²) in [5.41, 5.74) is 0. The van der Waals surface area contributed by atoms with Crippen molar-refractivity contribution >= 4 is 17.7 Å². The molecule has 0 aliphatic carbocycles. The molecule has 0 aliphatic heterocycles. The van der Waals surface area contributed by atoms with E-state index in [0.29, 0.717) is 11.8 Å². The summed E-state index contributed by atoms with van der Waals surface area (Å²) in [5.74, 6) is -4.89. The van der Waals surface area contributed by atoms with Crippen LogP contribution < -0.4 is 0 Å². The third kappa shape index (κ3) is 3.69. The Balaban J connectivity index is 2.62. The van der Waals surface area contributed by atoms with E-state index in [0.717, 1.165) is 0 Å². The van der Waals surface area contributed by atoms with Crippen LogP contribution in [0.15, 0.2) is 23.6 Å². The Hall–Kier alpha value is -1.31. The van der Waals surface area contributed by atoms with Crippen LogP contribution in [0.5, 0.6) is 0 Å². The summed E-state index contributed by atoms with van der Waals surface area (Å²) < 4.78 is 36.7. The molecule has 0 amide bonds. The molecule has 1 aromatic rings. The fraction of sp³-hybridized carbons (Fsp3) is 0.375. The van der Waals surface area contributed by atoms with Gasteiger partial charge in [-0.25, -0.2) is 4.98 Å². The zero-order valence-corrected chi connectivity index (χ0v) is 8.63. The summed E-state index contributed by atoms with van der Waals surface area (Å²) >= 11 is 0.709. The second-order valence-corrected chi connectivity index (χ2v) is 3.83. The molecular formula is C8H7F3N2O2S. The lowest BCUT2D eigenvalue weighted by Crippen LogP contribution is -2.32. The number of rotatable bonds is 4. The maximum Gasteiger partial charge on any atom is 0.403 e. The quantitative estimate of drug-likeness (QED) is 0.828. The summed E-state index contributed by atoms with van der Waals surface area (Å²) in [4.78, 5) is 17.8. The third-order valence-electron chi connectivity index (χ3n) is 1.63. The van der Waals surface area contributed by atoms with Crippen LogP contribution in [0.2, 0.25) is 0 Å². The average molecular weight is 252 g/mol. The van der Waals surface area contributed by atoms with Gasteiger partial charge in [-0.3, -0.25) is 9.78 Å². The van der Waals surface area contributed by atoms with Gasteiger partial charge in [0, 0.05) is 18.1 Å². The predicted molar refractivity (Wildman–Crippen MR) is 49.9 cm³/mol. The van der Waals surface area contributed by atoms with Gasteiger partial charge in [0.15, 0.2) is 5.92 Å². The lowest BCUT2D eigenvalue weighted by molar-refractivity contribution is -0.188. The number of carboxylic acid groups (broad SMARTS) is 1. The Bertz CT molecular complexity index is 358. The molecule has 0 radical (unpaired) electrons. The average Bonchev–Trinajstić information content (AvgIpc) is 2.17. The number of halogens is 3. The van der Waals surface area contributed by atoms with Crippen LogP contribution in [-0.2, 0) is 4.79 Å². The Morgan fingerprint density at radius 2 is 2.19 bits per heavy atom.